The van der Waals surface area contributed by atoms with Crippen LogP contribution in [0.5, 0.6) is 11.8 Å². The van der Waals surface area contributed by atoms with Gasteiger partial charge in [-0.2, -0.15) is 9.97 Å². The summed E-state index contributed by atoms with van der Waals surface area (Å²) in [7, 11) is 0. The lowest BCUT2D eigenvalue weighted by Gasteiger charge is -2.42. The minimum Gasteiger partial charge on any atom is -0.508 e. The predicted octanol–water partition coefficient (Wildman–Crippen LogP) is 5.31. The molecule has 0 radical (unpaired) electrons. The molecule has 2 N–H and O–H groups in total. The number of piperidine rings is 1. The molecule has 2 bridgehead atoms. The monoisotopic (exact) mass is 608 g/mol. The third-order valence-corrected chi connectivity index (χ3v) is 10.2. The van der Waals surface area contributed by atoms with Gasteiger partial charge in [0.1, 0.15) is 35.2 Å². The summed E-state index contributed by atoms with van der Waals surface area (Å²) in [5, 5.41) is 15.4. The first-order valence-corrected chi connectivity index (χ1v) is 15.7. The fourth-order valence-electron chi connectivity index (χ4n) is 7.95. The number of aromatic hydroxyl groups is 1. The van der Waals surface area contributed by atoms with Gasteiger partial charge in [-0.25, -0.2) is 8.78 Å². The van der Waals surface area contributed by atoms with Gasteiger partial charge in [0.2, 0.25) is 0 Å². The van der Waals surface area contributed by atoms with Crippen molar-refractivity contribution in [1.29, 1.82) is 0 Å². The standard InChI is InChI=1S/C35H34F2N6O2/c1-3-25-28(36)8-5-21-13-24(44)14-26(29(21)25)31-30(37)32-27(15-38-31)33(42-17-22-6-7-23(18-42)39-22)41-34(40-32)45-19-35-10-4-12-43(35)16-20(2)9-11-35/h1,5,8,13-15,22-23,39,44H,2,4,6-7,9-12,16-19H2/t22-,23+,35?. The molecule has 0 amide bonds. The van der Waals surface area contributed by atoms with Gasteiger partial charge < -0.3 is 20.1 Å². The highest BCUT2D eigenvalue weighted by molar-refractivity contribution is 6.03. The first-order valence-electron chi connectivity index (χ1n) is 15.7. The Kier molecular flexibility index (Phi) is 6.66. The van der Waals surface area contributed by atoms with Crippen LogP contribution in [0.3, 0.4) is 0 Å². The zero-order valence-electron chi connectivity index (χ0n) is 25.0. The number of nitrogens with zero attached hydrogens (tertiary/aromatic N) is 5. The van der Waals surface area contributed by atoms with E-state index in [1.165, 1.54) is 29.8 Å². The minimum atomic E-state index is -0.715. The maximum Gasteiger partial charge on any atom is 0.319 e. The zero-order valence-corrected chi connectivity index (χ0v) is 25.0. The molecule has 2 aromatic heterocycles. The highest BCUT2D eigenvalue weighted by Crippen LogP contribution is 2.41. The van der Waals surface area contributed by atoms with E-state index in [-0.39, 0.29) is 39.6 Å². The van der Waals surface area contributed by atoms with Gasteiger partial charge >= 0.3 is 6.01 Å². The van der Waals surface area contributed by atoms with Crippen LogP contribution in [0.2, 0.25) is 0 Å². The Balaban J connectivity index is 1.27. The molecule has 4 fully saturated rings. The van der Waals surface area contributed by atoms with Crippen LogP contribution in [-0.4, -0.2) is 75.4 Å². The van der Waals surface area contributed by atoms with Crippen molar-refractivity contribution < 1.29 is 18.6 Å². The summed E-state index contributed by atoms with van der Waals surface area (Å²) >= 11 is 0. The molecular formula is C35H34F2N6O2. The summed E-state index contributed by atoms with van der Waals surface area (Å²) in [6.07, 6.45) is 13.4. The van der Waals surface area contributed by atoms with Crippen LogP contribution in [-0.2, 0) is 0 Å². The molecule has 4 aromatic rings. The van der Waals surface area contributed by atoms with Gasteiger partial charge in [-0.15, -0.1) is 6.42 Å². The number of benzene rings is 2. The van der Waals surface area contributed by atoms with Crippen molar-refractivity contribution >= 4 is 27.5 Å². The first kappa shape index (κ1) is 28.2. The largest absolute Gasteiger partial charge is 0.508 e. The summed E-state index contributed by atoms with van der Waals surface area (Å²) < 4.78 is 38.0. The molecule has 10 heteroatoms. The molecule has 3 atom stereocenters. The van der Waals surface area contributed by atoms with E-state index in [4.69, 9.17) is 16.1 Å². The second-order valence-electron chi connectivity index (χ2n) is 13.0. The number of fused-ring (bicyclic) bond motifs is 5. The Hall–Kier alpha value is -4.33. The molecule has 230 valence electrons. The molecule has 1 unspecified atom stereocenters. The molecule has 0 saturated carbocycles. The number of terminal acetylenes is 1. The topological polar surface area (TPSA) is 86.6 Å². The quantitative estimate of drug-likeness (QED) is 0.233. The van der Waals surface area contributed by atoms with E-state index in [0.717, 1.165) is 64.7 Å². The van der Waals surface area contributed by atoms with Gasteiger partial charge in [0.15, 0.2) is 5.82 Å². The summed E-state index contributed by atoms with van der Waals surface area (Å²) in [4.78, 5) is 18.7. The van der Waals surface area contributed by atoms with Crippen molar-refractivity contribution in [1.82, 2.24) is 25.2 Å². The van der Waals surface area contributed by atoms with Crippen LogP contribution in [0.15, 0.2) is 42.6 Å². The van der Waals surface area contributed by atoms with Gasteiger partial charge in [-0.3, -0.25) is 9.88 Å². The average Bonchev–Trinajstić information content (AvgIpc) is 3.61. The number of nitrogens with one attached hydrogen (secondary N) is 1. The van der Waals surface area contributed by atoms with Gasteiger partial charge in [-0.05, 0) is 68.7 Å². The van der Waals surface area contributed by atoms with Gasteiger partial charge in [0.25, 0.3) is 0 Å². The highest BCUT2D eigenvalue weighted by atomic mass is 19.1. The lowest BCUT2D eigenvalue weighted by molar-refractivity contribution is 0.0559. The van der Waals surface area contributed by atoms with Gasteiger partial charge in [-0.1, -0.05) is 24.1 Å². The van der Waals surface area contributed by atoms with E-state index >= 15 is 4.39 Å². The van der Waals surface area contributed by atoms with Crippen LogP contribution in [0.4, 0.5) is 14.6 Å². The van der Waals surface area contributed by atoms with Crippen LogP contribution in [0.25, 0.3) is 32.9 Å². The zero-order chi connectivity index (χ0) is 30.9. The molecule has 2 aromatic carbocycles. The molecule has 0 aliphatic carbocycles. The van der Waals surface area contributed by atoms with Gasteiger partial charge in [0.05, 0.1) is 16.5 Å². The van der Waals surface area contributed by atoms with Crippen molar-refractivity contribution in [3.63, 3.8) is 0 Å². The molecule has 8 nitrogen and oxygen atoms in total. The van der Waals surface area contributed by atoms with Crippen molar-refractivity contribution in [3.8, 4) is 35.4 Å². The number of phenolic OH excluding ortho intramolecular Hbond substituents is 1. The number of ether oxygens (including phenoxy) is 1. The number of pyridine rings is 1. The van der Waals surface area contributed by atoms with Crippen molar-refractivity contribution in [2.75, 3.05) is 37.7 Å². The summed E-state index contributed by atoms with van der Waals surface area (Å²) in [6, 6.07) is 6.33. The van der Waals surface area contributed by atoms with E-state index in [1.54, 1.807) is 6.20 Å². The van der Waals surface area contributed by atoms with E-state index in [9.17, 15) is 9.50 Å². The number of anilines is 1. The van der Waals surface area contributed by atoms with E-state index < -0.39 is 11.6 Å². The highest BCUT2D eigenvalue weighted by Gasteiger charge is 2.44. The Morgan fingerprint density at radius 2 is 1.98 bits per heavy atom. The molecule has 4 saturated heterocycles. The summed E-state index contributed by atoms with van der Waals surface area (Å²) in [6.45, 7) is 7.93. The molecule has 0 spiro atoms. The maximum atomic E-state index is 16.8. The second-order valence-corrected chi connectivity index (χ2v) is 13.0. The maximum absolute atomic E-state index is 16.8. The number of aromatic nitrogens is 3. The molecular weight excluding hydrogens is 574 g/mol. The summed E-state index contributed by atoms with van der Waals surface area (Å²) in [5.41, 5.74) is 1.24. The second kappa shape index (κ2) is 10.6. The number of hydrogen-bond donors (Lipinski definition) is 2. The number of piperazine rings is 1. The molecule has 4 aliphatic heterocycles. The number of hydrogen-bond acceptors (Lipinski definition) is 8. The predicted molar refractivity (Wildman–Crippen MR) is 169 cm³/mol. The van der Waals surface area contributed by atoms with Crippen LogP contribution >= 0.6 is 0 Å². The lowest BCUT2D eigenvalue weighted by Crippen LogP contribution is -2.52. The Morgan fingerprint density at radius 1 is 1.16 bits per heavy atom. The SMILES string of the molecule is C#Cc1c(F)ccc2cc(O)cc(-c3ncc4c(N5C[C@H]6CC[C@@H](C5)N6)nc(OCC56CCCN5CC(=C)CC6)nc4c3F)c12. The van der Waals surface area contributed by atoms with Crippen molar-refractivity contribution in [3.05, 3.63) is 59.8 Å². The molecule has 4 aliphatic rings. The van der Waals surface area contributed by atoms with Crippen molar-refractivity contribution in [2.24, 2.45) is 0 Å². The normalized spacial score (nSPS) is 24.7. The van der Waals surface area contributed by atoms with E-state index in [1.807, 2.05) is 0 Å². The van der Waals surface area contributed by atoms with Crippen molar-refractivity contribution in [2.45, 2.75) is 56.1 Å². The minimum absolute atomic E-state index is 0.0250. The average molecular weight is 609 g/mol. The molecule has 6 heterocycles. The molecule has 45 heavy (non-hydrogen) atoms. The first-order chi connectivity index (χ1) is 21.8. The van der Waals surface area contributed by atoms with E-state index in [2.05, 4.69) is 37.6 Å². The third kappa shape index (κ3) is 4.68. The Morgan fingerprint density at radius 3 is 2.78 bits per heavy atom. The van der Waals surface area contributed by atoms with Crippen LogP contribution < -0.4 is 15.0 Å². The smallest absolute Gasteiger partial charge is 0.319 e. The van der Waals surface area contributed by atoms with Gasteiger partial charge in [0, 0.05) is 48.9 Å². The van der Waals surface area contributed by atoms with Crippen LogP contribution in [0, 0.1) is 24.0 Å². The Bertz CT molecular complexity index is 1910. The van der Waals surface area contributed by atoms with Crippen LogP contribution in [0.1, 0.15) is 44.1 Å². The number of rotatable bonds is 5. The van der Waals surface area contributed by atoms with E-state index in [0.29, 0.717) is 40.7 Å². The lowest BCUT2D eigenvalue weighted by atomic mass is 9.86. The number of halogens is 2. The summed E-state index contributed by atoms with van der Waals surface area (Å²) in [5.74, 6) is 1.53. The third-order valence-electron chi connectivity index (χ3n) is 10.2. The molecule has 8 rings (SSSR count). The Labute approximate surface area is 260 Å². The number of phenols is 1. The fraction of sp³-hybridized carbons (Fsp3) is 0.400. The fourth-order valence-corrected chi connectivity index (χ4v) is 7.95.